The molecule has 0 heterocycles. The highest BCUT2D eigenvalue weighted by atomic mass is 35.5. The molecule has 7 heteroatoms. The summed E-state index contributed by atoms with van der Waals surface area (Å²) in [6.07, 6.45) is 0.203. The summed E-state index contributed by atoms with van der Waals surface area (Å²) in [6.45, 7) is 2.43. The fraction of sp³-hybridized carbons (Fsp3) is 0.167. The molecule has 2 aromatic rings. The summed E-state index contributed by atoms with van der Waals surface area (Å²) in [5.74, 6) is -0.355. The van der Waals surface area contributed by atoms with Crippen molar-refractivity contribution in [2.45, 2.75) is 13.3 Å². The van der Waals surface area contributed by atoms with Crippen LogP contribution in [-0.4, -0.2) is 23.5 Å². The van der Waals surface area contributed by atoms with Crippen molar-refractivity contribution in [3.8, 4) is 0 Å². The number of hydrogen-bond acceptors (Lipinski definition) is 3. The predicted molar refractivity (Wildman–Crippen MR) is 104 cm³/mol. The van der Waals surface area contributed by atoms with Crippen molar-refractivity contribution in [1.82, 2.24) is 10.6 Å². The topological polar surface area (TPSA) is 70.2 Å². The summed E-state index contributed by atoms with van der Waals surface area (Å²) < 4.78 is 0. The standard InChI is InChI=1S/C18H18ClN3O2S/c1-2-20-17(24)13-5-9-15(10-6-13)21-18(25)22-16(23)11-12-3-7-14(19)8-4-12/h3-10H,2,11H2,1H3,(H,20,24)(H2,21,22,23,25). The van der Waals surface area contributed by atoms with Crippen molar-refractivity contribution >= 4 is 46.4 Å². The lowest BCUT2D eigenvalue weighted by Gasteiger charge is -2.10. The minimum atomic E-state index is -0.223. The van der Waals surface area contributed by atoms with E-state index < -0.39 is 0 Å². The van der Waals surface area contributed by atoms with Gasteiger partial charge in [-0.15, -0.1) is 0 Å². The number of hydrogen-bond donors (Lipinski definition) is 3. The lowest BCUT2D eigenvalue weighted by Crippen LogP contribution is -2.35. The van der Waals surface area contributed by atoms with Crippen LogP contribution in [0.2, 0.25) is 5.02 Å². The number of anilines is 1. The van der Waals surface area contributed by atoms with Crippen molar-refractivity contribution in [2.75, 3.05) is 11.9 Å². The first-order valence-electron chi connectivity index (χ1n) is 7.71. The van der Waals surface area contributed by atoms with Crippen LogP contribution in [0.25, 0.3) is 0 Å². The van der Waals surface area contributed by atoms with Gasteiger partial charge < -0.3 is 16.0 Å². The maximum Gasteiger partial charge on any atom is 0.251 e. The van der Waals surface area contributed by atoms with Gasteiger partial charge in [-0.2, -0.15) is 0 Å². The highest BCUT2D eigenvalue weighted by Gasteiger charge is 2.07. The molecule has 0 aliphatic rings. The molecule has 2 rings (SSSR count). The smallest absolute Gasteiger partial charge is 0.251 e. The third-order valence-electron chi connectivity index (χ3n) is 3.27. The van der Waals surface area contributed by atoms with Gasteiger partial charge >= 0.3 is 0 Å². The van der Waals surface area contributed by atoms with E-state index in [0.717, 1.165) is 5.56 Å². The van der Waals surface area contributed by atoms with Gasteiger partial charge in [0.15, 0.2) is 5.11 Å². The normalized spacial score (nSPS) is 10.0. The summed E-state index contributed by atoms with van der Waals surface area (Å²) in [7, 11) is 0. The van der Waals surface area contributed by atoms with Crippen molar-refractivity contribution in [1.29, 1.82) is 0 Å². The zero-order chi connectivity index (χ0) is 18.2. The number of thiocarbonyl (C=S) groups is 1. The van der Waals surface area contributed by atoms with E-state index in [0.29, 0.717) is 22.8 Å². The lowest BCUT2D eigenvalue weighted by atomic mass is 10.1. The Morgan fingerprint density at radius 1 is 1.04 bits per heavy atom. The number of amides is 2. The molecule has 0 unspecified atom stereocenters. The SMILES string of the molecule is CCNC(=O)c1ccc(NC(=S)NC(=O)Cc2ccc(Cl)cc2)cc1. The second-order valence-electron chi connectivity index (χ2n) is 5.24. The maximum atomic E-state index is 12.0. The number of benzene rings is 2. The second-order valence-corrected chi connectivity index (χ2v) is 6.09. The Labute approximate surface area is 156 Å². The fourth-order valence-corrected chi connectivity index (χ4v) is 2.45. The Morgan fingerprint density at radius 3 is 2.28 bits per heavy atom. The van der Waals surface area contributed by atoms with Gasteiger partial charge in [-0.25, -0.2) is 0 Å². The number of rotatable bonds is 5. The minimum Gasteiger partial charge on any atom is -0.352 e. The molecule has 3 N–H and O–H groups in total. The van der Waals surface area contributed by atoms with Crippen molar-refractivity contribution in [2.24, 2.45) is 0 Å². The van der Waals surface area contributed by atoms with Crippen molar-refractivity contribution in [3.05, 3.63) is 64.7 Å². The van der Waals surface area contributed by atoms with Crippen LogP contribution in [-0.2, 0) is 11.2 Å². The first-order valence-corrected chi connectivity index (χ1v) is 8.50. The van der Waals surface area contributed by atoms with Crippen LogP contribution in [0, 0.1) is 0 Å². The summed E-state index contributed by atoms with van der Waals surface area (Å²) in [4.78, 5) is 23.7. The molecular formula is C18H18ClN3O2S. The van der Waals surface area contributed by atoms with Crippen LogP contribution in [0.4, 0.5) is 5.69 Å². The van der Waals surface area contributed by atoms with Crippen LogP contribution in [0.5, 0.6) is 0 Å². The van der Waals surface area contributed by atoms with E-state index in [9.17, 15) is 9.59 Å². The molecule has 2 amide bonds. The zero-order valence-corrected chi connectivity index (χ0v) is 15.2. The molecule has 25 heavy (non-hydrogen) atoms. The van der Waals surface area contributed by atoms with Gasteiger partial charge in [-0.1, -0.05) is 23.7 Å². The molecule has 0 aliphatic heterocycles. The third-order valence-corrected chi connectivity index (χ3v) is 3.73. The molecule has 5 nitrogen and oxygen atoms in total. The molecule has 0 aliphatic carbocycles. The van der Waals surface area contributed by atoms with E-state index in [1.54, 1.807) is 48.5 Å². The summed E-state index contributed by atoms with van der Waals surface area (Å²) >= 11 is 10.9. The highest BCUT2D eigenvalue weighted by molar-refractivity contribution is 7.80. The van der Waals surface area contributed by atoms with Crippen molar-refractivity contribution in [3.63, 3.8) is 0 Å². The quantitative estimate of drug-likeness (QED) is 0.702. The van der Waals surface area contributed by atoms with E-state index in [1.165, 1.54) is 0 Å². The Kier molecular flexibility index (Phi) is 6.91. The maximum absolute atomic E-state index is 12.0. The van der Waals surface area contributed by atoms with E-state index in [-0.39, 0.29) is 23.3 Å². The summed E-state index contributed by atoms with van der Waals surface area (Å²) in [6, 6.07) is 13.9. The molecule has 0 radical (unpaired) electrons. The number of carbonyl (C=O) groups is 2. The van der Waals surface area contributed by atoms with Gasteiger partial charge in [-0.05, 0) is 61.1 Å². The third kappa shape index (κ3) is 6.17. The average Bonchev–Trinajstić information content (AvgIpc) is 2.57. The zero-order valence-electron chi connectivity index (χ0n) is 13.6. The van der Waals surface area contributed by atoms with E-state index in [4.69, 9.17) is 23.8 Å². The number of halogens is 1. The van der Waals surface area contributed by atoms with Gasteiger partial charge in [0.25, 0.3) is 5.91 Å². The van der Waals surface area contributed by atoms with E-state index in [2.05, 4.69) is 16.0 Å². The molecule has 130 valence electrons. The molecule has 2 aromatic carbocycles. The Bertz CT molecular complexity index is 761. The van der Waals surface area contributed by atoms with Crippen LogP contribution in [0.15, 0.2) is 48.5 Å². The minimum absolute atomic E-state index is 0.132. The Hall–Kier alpha value is -2.44. The number of nitrogens with one attached hydrogen (secondary N) is 3. The van der Waals surface area contributed by atoms with E-state index in [1.807, 2.05) is 6.92 Å². The first kappa shape index (κ1) is 18.9. The molecule has 0 spiro atoms. The first-order chi connectivity index (χ1) is 12.0. The summed E-state index contributed by atoms with van der Waals surface area (Å²) in [5, 5.41) is 9.08. The van der Waals surface area contributed by atoms with Crippen LogP contribution < -0.4 is 16.0 Å². The number of carbonyl (C=O) groups excluding carboxylic acids is 2. The fourth-order valence-electron chi connectivity index (χ4n) is 2.09. The van der Waals surface area contributed by atoms with Gasteiger partial charge in [-0.3, -0.25) is 9.59 Å². The monoisotopic (exact) mass is 375 g/mol. The molecule has 0 saturated heterocycles. The highest BCUT2D eigenvalue weighted by Crippen LogP contribution is 2.11. The van der Waals surface area contributed by atoms with Crippen LogP contribution >= 0.6 is 23.8 Å². The Balaban J connectivity index is 1.86. The molecular weight excluding hydrogens is 358 g/mol. The predicted octanol–water partition coefficient (Wildman–Crippen LogP) is 3.15. The van der Waals surface area contributed by atoms with Crippen LogP contribution in [0.1, 0.15) is 22.8 Å². The van der Waals surface area contributed by atoms with Gasteiger partial charge in [0.05, 0.1) is 6.42 Å². The van der Waals surface area contributed by atoms with Crippen LogP contribution in [0.3, 0.4) is 0 Å². The van der Waals surface area contributed by atoms with Gasteiger partial charge in [0.1, 0.15) is 0 Å². The van der Waals surface area contributed by atoms with Gasteiger partial charge in [0.2, 0.25) is 5.91 Å². The van der Waals surface area contributed by atoms with Gasteiger partial charge in [0, 0.05) is 22.8 Å². The molecule has 0 atom stereocenters. The molecule has 0 aromatic heterocycles. The summed E-state index contributed by atoms with van der Waals surface area (Å²) in [5.41, 5.74) is 2.09. The largest absolute Gasteiger partial charge is 0.352 e. The second kappa shape index (κ2) is 9.15. The molecule has 0 saturated carbocycles. The average molecular weight is 376 g/mol. The van der Waals surface area contributed by atoms with Crippen molar-refractivity contribution < 1.29 is 9.59 Å². The molecule has 0 bridgehead atoms. The Morgan fingerprint density at radius 2 is 1.68 bits per heavy atom. The lowest BCUT2D eigenvalue weighted by molar-refractivity contribution is -0.119. The van der Waals surface area contributed by atoms with E-state index >= 15 is 0 Å². The molecule has 0 fully saturated rings.